The zero-order valence-electron chi connectivity index (χ0n) is 10.4. The number of thiophene rings is 1. The van der Waals surface area contributed by atoms with Crippen molar-refractivity contribution in [3.8, 4) is 0 Å². The molecule has 0 unspecified atom stereocenters. The lowest BCUT2D eigenvalue weighted by molar-refractivity contribution is 0.112. The molecule has 3 rings (SSSR count). The largest absolute Gasteiger partial charge is 0.364 e. The molecule has 5 nitrogen and oxygen atoms in total. The second kappa shape index (κ2) is 5.12. The third-order valence-electron chi connectivity index (χ3n) is 2.78. The van der Waals surface area contributed by atoms with E-state index < -0.39 is 12.2 Å². The van der Waals surface area contributed by atoms with Crippen molar-refractivity contribution in [2.45, 2.75) is 19.9 Å². The van der Waals surface area contributed by atoms with Gasteiger partial charge in [0.05, 0.1) is 11.9 Å². The van der Waals surface area contributed by atoms with Crippen LogP contribution in [0.15, 0.2) is 22.3 Å². The van der Waals surface area contributed by atoms with E-state index in [9.17, 15) is 8.78 Å². The molecule has 3 aromatic heterocycles. The van der Waals surface area contributed by atoms with Crippen molar-refractivity contribution in [3.05, 3.63) is 34.8 Å². The molecular formula is C12H10F2N4OS. The van der Waals surface area contributed by atoms with Gasteiger partial charge < -0.3 is 9.84 Å². The number of alkyl halides is 2. The summed E-state index contributed by atoms with van der Waals surface area (Å²) in [5.74, 6) is 0.233. The third-order valence-corrected chi connectivity index (χ3v) is 3.79. The van der Waals surface area contributed by atoms with Crippen LogP contribution < -0.4 is 5.32 Å². The second-order valence-electron chi connectivity index (χ2n) is 4.20. The Kier molecular flexibility index (Phi) is 3.31. The molecule has 0 aromatic carbocycles. The van der Waals surface area contributed by atoms with Gasteiger partial charge in [0.1, 0.15) is 22.7 Å². The minimum Gasteiger partial charge on any atom is -0.364 e. The monoisotopic (exact) mass is 296 g/mol. The number of anilines is 1. The first-order valence-corrected chi connectivity index (χ1v) is 6.69. The Morgan fingerprint density at radius 3 is 3.00 bits per heavy atom. The highest BCUT2D eigenvalue weighted by atomic mass is 32.1. The fourth-order valence-electron chi connectivity index (χ4n) is 1.84. The van der Waals surface area contributed by atoms with Crippen molar-refractivity contribution >= 4 is 27.4 Å². The summed E-state index contributed by atoms with van der Waals surface area (Å²) in [6.45, 7) is 2.23. The molecule has 0 amide bonds. The number of nitrogens with zero attached hydrogens (tertiary/aromatic N) is 3. The van der Waals surface area contributed by atoms with Gasteiger partial charge in [-0.05, 0) is 17.9 Å². The van der Waals surface area contributed by atoms with E-state index >= 15 is 0 Å². The molecule has 104 valence electrons. The van der Waals surface area contributed by atoms with Crippen molar-refractivity contribution in [3.63, 3.8) is 0 Å². The molecular weight excluding hydrogens is 286 g/mol. The lowest BCUT2D eigenvalue weighted by Gasteiger charge is -2.04. The van der Waals surface area contributed by atoms with E-state index in [1.807, 2.05) is 12.3 Å². The summed E-state index contributed by atoms with van der Waals surface area (Å²) in [5, 5.41) is 9.59. The van der Waals surface area contributed by atoms with Crippen LogP contribution in [0.25, 0.3) is 10.2 Å². The van der Waals surface area contributed by atoms with Crippen LogP contribution in [0.2, 0.25) is 0 Å². The first-order valence-electron chi connectivity index (χ1n) is 5.81. The standard InChI is InChI=1S/C12H10F2N4OS/c1-6-4-20-12-9(6)11(16-5-17-12)15-3-7-2-8(10(13)14)19-18-7/h2,4-5,10H,3H2,1H3,(H,15,16,17). The Morgan fingerprint density at radius 2 is 2.25 bits per heavy atom. The van der Waals surface area contributed by atoms with Crippen LogP contribution in [0, 0.1) is 6.92 Å². The summed E-state index contributed by atoms with van der Waals surface area (Å²) < 4.78 is 29.3. The van der Waals surface area contributed by atoms with Crippen LogP contribution in [0.4, 0.5) is 14.6 Å². The SMILES string of the molecule is Cc1csc2ncnc(NCc3cc(C(F)F)on3)c12. The van der Waals surface area contributed by atoms with Gasteiger partial charge in [0.25, 0.3) is 6.43 Å². The zero-order chi connectivity index (χ0) is 14.1. The molecule has 8 heteroatoms. The molecule has 0 radical (unpaired) electrons. The van der Waals surface area contributed by atoms with Crippen molar-refractivity contribution in [1.82, 2.24) is 15.1 Å². The zero-order valence-corrected chi connectivity index (χ0v) is 11.2. The molecule has 0 saturated heterocycles. The van der Waals surface area contributed by atoms with Crippen molar-refractivity contribution in [2.24, 2.45) is 0 Å². The first kappa shape index (κ1) is 12.9. The Morgan fingerprint density at radius 1 is 1.40 bits per heavy atom. The second-order valence-corrected chi connectivity index (χ2v) is 5.05. The van der Waals surface area contributed by atoms with Gasteiger partial charge in [-0.2, -0.15) is 0 Å². The van der Waals surface area contributed by atoms with Crippen LogP contribution >= 0.6 is 11.3 Å². The maximum absolute atomic E-state index is 12.4. The van der Waals surface area contributed by atoms with Gasteiger partial charge in [0.2, 0.25) is 5.76 Å². The van der Waals surface area contributed by atoms with Gasteiger partial charge in [-0.3, -0.25) is 0 Å². The van der Waals surface area contributed by atoms with Gasteiger partial charge in [-0.1, -0.05) is 5.16 Å². The Balaban J connectivity index is 1.81. The number of hydrogen-bond donors (Lipinski definition) is 1. The first-order chi connectivity index (χ1) is 9.65. The Hall–Kier alpha value is -2.09. The molecule has 0 saturated carbocycles. The van der Waals surface area contributed by atoms with Gasteiger partial charge in [0.15, 0.2) is 0 Å². The molecule has 0 spiro atoms. The summed E-state index contributed by atoms with van der Waals surface area (Å²) >= 11 is 1.53. The molecule has 0 aliphatic carbocycles. The predicted octanol–water partition coefficient (Wildman–Crippen LogP) is 3.54. The van der Waals surface area contributed by atoms with Crippen molar-refractivity contribution in [1.29, 1.82) is 0 Å². The van der Waals surface area contributed by atoms with Crippen LogP contribution in [-0.2, 0) is 6.54 Å². The lowest BCUT2D eigenvalue weighted by Crippen LogP contribution is -2.02. The van der Waals surface area contributed by atoms with Gasteiger partial charge in [-0.15, -0.1) is 11.3 Å². The summed E-state index contributed by atoms with van der Waals surface area (Å²) in [7, 11) is 0. The number of aromatic nitrogens is 3. The highest BCUT2D eigenvalue weighted by Crippen LogP contribution is 2.28. The highest BCUT2D eigenvalue weighted by molar-refractivity contribution is 7.17. The van der Waals surface area contributed by atoms with E-state index in [4.69, 9.17) is 0 Å². The highest BCUT2D eigenvalue weighted by Gasteiger charge is 2.14. The molecule has 0 atom stereocenters. The number of hydrogen-bond acceptors (Lipinski definition) is 6. The van der Waals surface area contributed by atoms with Gasteiger partial charge in [-0.25, -0.2) is 18.7 Å². The summed E-state index contributed by atoms with van der Waals surface area (Å²) in [5.41, 5.74) is 1.47. The Bertz CT molecular complexity index is 740. The maximum Gasteiger partial charge on any atom is 0.298 e. The number of aryl methyl sites for hydroxylation is 1. The van der Waals surface area contributed by atoms with Crippen LogP contribution in [0.3, 0.4) is 0 Å². The fraction of sp³-hybridized carbons (Fsp3) is 0.250. The summed E-state index contributed by atoms with van der Waals surface area (Å²) in [6.07, 6.45) is -1.19. The minimum absolute atomic E-state index is 0.262. The van der Waals surface area contributed by atoms with E-state index in [0.717, 1.165) is 15.8 Å². The fourth-order valence-corrected chi connectivity index (χ4v) is 2.73. The normalized spacial score (nSPS) is 11.4. The predicted molar refractivity (Wildman–Crippen MR) is 70.9 cm³/mol. The quantitative estimate of drug-likeness (QED) is 0.797. The van der Waals surface area contributed by atoms with E-state index in [1.165, 1.54) is 23.7 Å². The number of halogens is 2. The van der Waals surface area contributed by atoms with Gasteiger partial charge in [0, 0.05) is 6.07 Å². The molecule has 1 N–H and O–H groups in total. The molecule has 0 fully saturated rings. The molecule has 0 aliphatic heterocycles. The number of rotatable bonds is 4. The smallest absolute Gasteiger partial charge is 0.298 e. The number of fused-ring (bicyclic) bond motifs is 1. The molecule has 3 aromatic rings. The van der Waals surface area contributed by atoms with Crippen molar-refractivity contribution in [2.75, 3.05) is 5.32 Å². The van der Waals surface area contributed by atoms with E-state index in [0.29, 0.717) is 11.5 Å². The number of nitrogens with one attached hydrogen (secondary N) is 1. The average molecular weight is 296 g/mol. The third kappa shape index (κ3) is 2.34. The molecule has 0 bridgehead atoms. The van der Waals surface area contributed by atoms with E-state index in [2.05, 4.69) is 25.0 Å². The molecule has 3 heterocycles. The van der Waals surface area contributed by atoms with E-state index in [1.54, 1.807) is 0 Å². The minimum atomic E-state index is -2.65. The molecule has 0 aliphatic rings. The molecule has 20 heavy (non-hydrogen) atoms. The lowest BCUT2D eigenvalue weighted by atomic mass is 10.2. The van der Waals surface area contributed by atoms with E-state index in [-0.39, 0.29) is 6.54 Å². The average Bonchev–Trinajstić information content (AvgIpc) is 3.04. The van der Waals surface area contributed by atoms with Crippen LogP contribution in [0.5, 0.6) is 0 Å². The Labute approximate surface area is 116 Å². The summed E-state index contributed by atoms with van der Waals surface area (Å²) in [6, 6.07) is 1.23. The topological polar surface area (TPSA) is 63.8 Å². The maximum atomic E-state index is 12.4. The van der Waals surface area contributed by atoms with Crippen molar-refractivity contribution < 1.29 is 13.3 Å². The van der Waals surface area contributed by atoms with Crippen LogP contribution in [-0.4, -0.2) is 15.1 Å². The summed E-state index contributed by atoms with van der Waals surface area (Å²) in [4.78, 5) is 9.24. The van der Waals surface area contributed by atoms with Crippen LogP contribution in [0.1, 0.15) is 23.4 Å². The van der Waals surface area contributed by atoms with Gasteiger partial charge >= 0.3 is 0 Å².